The lowest BCUT2D eigenvalue weighted by molar-refractivity contribution is -0.117. The van der Waals surface area contributed by atoms with Crippen molar-refractivity contribution in [2.24, 2.45) is 0 Å². The summed E-state index contributed by atoms with van der Waals surface area (Å²) in [4.78, 5) is 12.2. The van der Waals surface area contributed by atoms with Crippen LogP contribution in [0.4, 0.5) is 5.82 Å². The van der Waals surface area contributed by atoms with E-state index in [-0.39, 0.29) is 10.7 Å². The molecule has 7 nitrogen and oxygen atoms in total. The van der Waals surface area contributed by atoms with Crippen LogP contribution in [0.2, 0.25) is 0 Å². The molecule has 0 radical (unpaired) electrons. The summed E-state index contributed by atoms with van der Waals surface area (Å²) in [6.07, 6.45) is 0. The van der Waals surface area contributed by atoms with Crippen LogP contribution in [0.15, 0.2) is 39.8 Å². The number of anilines is 1. The highest BCUT2D eigenvalue weighted by Gasteiger charge is 2.22. The number of aromatic nitrogens is 1. The maximum atomic E-state index is 12.4. The zero-order valence-corrected chi connectivity index (χ0v) is 14.8. The molecule has 0 bridgehead atoms. The third kappa shape index (κ3) is 4.42. The number of carbonyl (C=O) groups is 1. The van der Waals surface area contributed by atoms with Gasteiger partial charge in [-0.2, -0.15) is 4.72 Å². The summed E-state index contributed by atoms with van der Waals surface area (Å²) >= 11 is 0. The van der Waals surface area contributed by atoms with Crippen LogP contribution in [0.3, 0.4) is 0 Å². The minimum atomic E-state index is -3.79. The molecule has 130 valence electrons. The molecule has 2 rings (SSSR count). The number of hydrogen-bond acceptors (Lipinski definition) is 5. The molecule has 1 atom stereocenters. The topological polar surface area (TPSA) is 101 Å². The van der Waals surface area contributed by atoms with E-state index in [1.807, 2.05) is 13.8 Å². The summed E-state index contributed by atoms with van der Waals surface area (Å²) in [5.41, 5.74) is 1.04. The molecule has 0 aliphatic heterocycles. The Morgan fingerprint density at radius 2 is 1.79 bits per heavy atom. The van der Waals surface area contributed by atoms with Crippen molar-refractivity contribution in [2.45, 2.75) is 44.6 Å². The molecule has 0 saturated carbocycles. The lowest BCUT2D eigenvalue weighted by atomic mass is 10.0. The van der Waals surface area contributed by atoms with Gasteiger partial charge in [0.15, 0.2) is 5.82 Å². The fourth-order valence-corrected chi connectivity index (χ4v) is 3.25. The van der Waals surface area contributed by atoms with Crippen LogP contribution in [0.1, 0.15) is 38.0 Å². The number of benzene rings is 1. The second-order valence-electron chi connectivity index (χ2n) is 5.88. The van der Waals surface area contributed by atoms with Crippen molar-refractivity contribution in [2.75, 3.05) is 5.32 Å². The molecule has 0 aliphatic rings. The average Bonchev–Trinajstić information content (AvgIpc) is 2.92. The molecular weight excluding hydrogens is 330 g/mol. The smallest absolute Gasteiger partial charge is 0.243 e. The normalized spacial score (nSPS) is 13.0. The van der Waals surface area contributed by atoms with Gasteiger partial charge in [0.25, 0.3) is 0 Å². The van der Waals surface area contributed by atoms with Gasteiger partial charge in [0, 0.05) is 6.07 Å². The van der Waals surface area contributed by atoms with E-state index in [0.717, 1.165) is 5.56 Å². The Bertz CT molecular complexity index is 810. The second kappa shape index (κ2) is 7.14. The van der Waals surface area contributed by atoms with Crippen LogP contribution in [-0.4, -0.2) is 25.5 Å². The minimum absolute atomic E-state index is 0.115. The molecule has 1 aromatic carbocycles. The number of amides is 1. The van der Waals surface area contributed by atoms with Gasteiger partial charge in [0.1, 0.15) is 5.76 Å². The van der Waals surface area contributed by atoms with Crippen molar-refractivity contribution in [3.8, 4) is 0 Å². The Balaban J connectivity index is 2.05. The van der Waals surface area contributed by atoms with E-state index in [0.29, 0.717) is 11.7 Å². The molecule has 8 heteroatoms. The summed E-state index contributed by atoms with van der Waals surface area (Å²) in [5, 5.41) is 6.12. The second-order valence-corrected chi connectivity index (χ2v) is 7.59. The van der Waals surface area contributed by atoms with Gasteiger partial charge < -0.3 is 9.84 Å². The lowest BCUT2D eigenvalue weighted by Crippen LogP contribution is -2.41. The van der Waals surface area contributed by atoms with Crippen LogP contribution < -0.4 is 10.0 Å². The number of hydrogen-bond donors (Lipinski definition) is 2. The Kier molecular flexibility index (Phi) is 5.40. The zero-order chi connectivity index (χ0) is 17.9. The van der Waals surface area contributed by atoms with Crippen molar-refractivity contribution in [1.29, 1.82) is 0 Å². The van der Waals surface area contributed by atoms with Gasteiger partial charge in [-0.3, -0.25) is 4.79 Å². The molecule has 0 unspecified atom stereocenters. The molecule has 1 heterocycles. The predicted molar refractivity (Wildman–Crippen MR) is 90.2 cm³/mol. The van der Waals surface area contributed by atoms with Gasteiger partial charge in [-0.05, 0) is 37.5 Å². The van der Waals surface area contributed by atoms with E-state index < -0.39 is 22.0 Å². The quantitative estimate of drug-likeness (QED) is 0.832. The van der Waals surface area contributed by atoms with E-state index in [4.69, 9.17) is 4.52 Å². The fraction of sp³-hybridized carbons (Fsp3) is 0.375. The number of nitrogens with zero attached hydrogens (tertiary/aromatic N) is 1. The number of sulfonamides is 1. The van der Waals surface area contributed by atoms with Crippen molar-refractivity contribution in [3.05, 3.63) is 41.7 Å². The first kappa shape index (κ1) is 18.2. The summed E-state index contributed by atoms with van der Waals surface area (Å²) < 4.78 is 31.9. The molecule has 0 spiro atoms. The molecule has 1 amide bonds. The number of aryl methyl sites for hydroxylation is 1. The van der Waals surface area contributed by atoms with E-state index in [9.17, 15) is 13.2 Å². The number of nitrogens with one attached hydrogen (secondary N) is 2. The third-order valence-electron chi connectivity index (χ3n) is 3.46. The van der Waals surface area contributed by atoms with Gasteiger partial charge >= 0.3 is 0 Å². The molecule has 2 N–H and O–H groups in total. The van der Waals surface area contributed by atoms with Gasteiger partial charge in [-0.25, -0.2) is 8.42 Å². The minimum Gasteiger partial charge on any atom is -0.360 e. The fourth-order valence-electron chi connectivity index (χ4n) is 2.05. The van der Waals surface area contributed by atoms with Crippen LogP contribution in [0.5, 0.6) is 0 Å². The first-order valence-corrected chi connectivity index (χ1v) is 9.04. The lowest BCUT2D eigenvalue weighted by Gasteiger charge is -2.14. The highest BCUT2D eigenvalue weighted by atomic mass is 32.2. The number of carbonyl (C=O) groups excluding carboxylic acids is 1. The van der Waals surface area contributed by atoms with Crippen molar-refractivity contribution in [3.63, 3.8) is 0 Å². The molecule has 0 saturated heterocycles. The maximum Gasteiger partial charge on any atom is 0.243 e. The molecule has 0 fully saturated rings. The molecule has 24 heavy (non-hydrogen) atoms. The standard InChI is InChI=1S/C16H21N3O4S/c1-10(2)13-5-7-14(8-6-13)24(21,22)19-12(4)16(20)17-15-9-11(3)23-18-15/h5-10,12,19H,1-4H3,(H,17,18,20)/t12-/m0/s1. The molecular formula is C16H21N3O4S. The van der Waals surface area contributed by atoms with Gasteiger partial charge in [-0.15, -0.1) is 0 Å². The maximum absolute atomic E-state index is 12.4. The van der Waals surface area contributed by atoms with Crippen LogP contribution in [-0.2, 0) is 14.8 Å². The Morgan fingerprint density at radius 3 is 2.29 bits per heavy atom. The van der Waals surface area contributed by atoms with Crippen LogP contribution >= 0.6 is 0 Å². The first-order valence-electron chi connectivity index (χ1n) is 7.55. The van der Waals surface area contributed by atoms with E-state index in [1.165, 1.54) is 19.1 Å². The van der Waals surface area contributed by atoms with E-state index in [1.54, 1.807) is 25.1 Å². The first-order chi connectivity index (χ1) is 11.2. The average molecular weight is 351 g/mol. The van der Waals surface area contributed by atoms with Gasteiger partial charge in [0.2, 0.25) is 15.9 Å². The SMILES string of the molecule is Cc1cc(NC(=O)[C@H](C)NS(=O)(=O)c2ccc(C(C)C)cc2)no1. The highest BCUT2D eigenvalue weighted by Crippen LogP contribution is 2.17. The largest absolute Gasteiger partial charge is 0.360 e. The molecule has 1 aromatic heterocycles. The zero-order valence-electron chi connectivity index (χ0n) is 14.0. The summed E-state index contributed by atoms with van der Waals surface area (Å²) in [6.45, 7) is 7.21. The summed E-state index contributed by atoms with van der Waals surface area (Å²) in [7, 11) is -3.79. The summed E-state index contributed by atoms with van der Waals surface area (Å²) in [6, 6.07) is 7.18. The highest BCUT2D eigenvalue weighted by molar-refractivity contribution is 7.89. The van der Waals surface area contributed by atoms with E-state index >= 15 is 0 Å². The Hall–Kier alpha value is -2.19. The van der Waals surface area contributed by atoms with Crippen molar-refractivity contribution in [1.82, 2.24) is 9.88 Å². The Morgan fingerprint density at radius 1 is 1.17 bits per heavy atom. The Labute approximate surface area is 141 Å². The molecule has 2 aromatic rings. The van der Waals surface area contributed by atoms with Crippen molar-refractivity contribution >= 4 is 21.7 Å². The van der Waals surface area contributed by atoms with Crippen LogP contribution in [0, 0.1) is 6.92 Å². The number of rotatable bonds is 6. The third-order valence-corrected chi connectivity index (χ3v) is 5.02. The summed E-state index contributed by atoms with van der Waals surface area (Å²) in [5.74, 6) is 0.574. The van der Waals surface area contributed by atoms with Crippen molar-refractivity contribution < 1.29 is 17.7 Å². The molecule has 0 aliphatic carbocycles. The van der Waals surface area contributed by atoms with E-state index in [2.05, 4.69) is 15.2 Å². The van der Waals surface area contributed by atoms with Gasteiger partial charge in [-0.1, -0.05) is 31.1 Å². The van der Waals surface area contributed by atoms with Crippen LogP contribution in [0.25, 0.3) is 0 Å². The van der Waals surface area contributed by atoms with Gasteiger partial charge in [0.05, 0.1) is 10.9 Å². The monoisotopic (exact) mass is 351 g/mol. The predicted octanol–water partition coefficient (Wildman–Crippen LogP) is 2.41.